The summed E-state index contributed by atoms with van der Waals surface area (Å²) in [5, 5.41) is 14.3. The van der Waals surface area contributed by atoms with Crippen LogP contribution in [0.4, 0.5) is 5.69 Å². The maximum absolute atomic E-state index is 12.5. The Morgan fingerprint density at radius 3 is 3.04 bits per heavy atom. The number of para-hydroxylation sites is 1. The SMILES string of the molecule is CCc1nnc2n1C[C@@H](NC(=O)C[C@H]1C(=O)Nc3ccccc31)CC2. The van der Waals surface area contributed by atoms with Crippen molar-refractivity contribution in [2.75, 3.05) is 5.32 Å². The summed E-state index contributed by atoms with van der Waals surface area (Å²) in [6.07, 6.45) is 2.66. The van der Waals surface area contributed by atoms with Crippen LogP contribution in [0.2, 0.25) is 0 Å². The van der Waals surface area contributed by atoms with E-state index in [9.17, 15) is 9.59 Å². The summed E-state index contributed by atoms with van der Waals surface area (Å²) < 4.78 is 2.10. The number of fused-ring (bicyclic) bond motifs is 2. The highest BCUT2D eigenvalue weighted by molar-refractivity contribution is 6.04. The molecule has 2 N–H and O–H groups in total. The van der Waals surface area contributed by atoms with Gasteiger partial charge in [-0.1, -0.05) is 25.1 Å². The number of anilines is 1. The van der Waals surface area contributed by atoms with E-state index < -0.39 is 5.92 Å². The fourth-order valence-electron chi connectivity index (χ4n) is 3.71. The third kappa shape index (κ3) is 2.90. The minimum atomic E-state index is -0.406. The van der Waals surface area contributed by atoms with E-state index in [0.717, 1.165) is 42.2 Å². The Hall–Kier alpha value is -2.70. The second kappa shape index (κ2) is 6.31. The fourth-order valence-corrected chi connectivity index (χ4v) is 3.71. The first-order chi connectivity index (χ1) is 12.2. The van der Waals surface area contributed by atoms with Crippen LogP contribution in [0.5, 0.6) is 0 Å². The third-order valence-electron chi connectivity index (χ3n) is 5.00. The van der Waals surface area contributed by atoms with Gasteiger partial charge in [-0.3, -0.25) is 9.59 Å². The van der Waals surface area contributed by atoms with E-state index in [1.165, 1.54) is 0 Å². The molecule has 2 atom stereocenters. The fraction of sp³-hybridized carbons (Fsp3) is 0.444. The molecule has 130 valence electrons. The Balaban J connectivity index is 1.41. The van der Waals surface area contributed by atoms with Gasteiger partial charge in [0, 0.05) is 37.5 Å². The lowest BCUT2D eigenvalue weighted by atomic mass is 9.96. The number of nitrogens with zero attached hydrogens (tertiary/aromatic N) is 3. The highest BCUT2D eigenvalue weighted by Gasteiger charge is 2.32. The van der Waals surface area contributed by atoms with E-state index in [0.29, 0.717) is 6.54 Å². The number of aromatic nitrogens is 3. The summed E-state index contributed by atoms with van der Waals surface area (Å²) in [6, 6.07) is 7.60. The number of nitrogens with one attached hydrogen (secondary N) is 2. The van der Waals surface area contributed by atoms with Crippen LogP contribution in [0.3, 0.4) is 0 Å². The molecular weight excluding hydrogens is 318 g/mol. The van der Waals surface area contributed by atoms with E-state index in [1.54, 1.807) is 0 Å². The van der Waals surface area contributed by atoms with Gasteiger partial charge in [-0.05, 0) is 18.1 Å². The van der Waals surface area contributed by atoms with Gasteiger partial charge < -0.3 is 15.2 Å². The highest BCUT2D eigenvalue weighted by Crippen LogP contribution is 2.34. The van der Waals surface area contributed by atoms with Gasteiger partial charge in [0.25, 0.3) is 0 Å². The molecule has 0 saturated carbocycles. The second-order valence-electron chi connectivity index (χ2n) is 6.63. The van der Waals surface area contributed by atoms with Crippen molar-refractivity contribution in [2.24, 2.45) is 0 Å². The Morgan fingerprint density at radius 1 is 1.36 bits per heavy atom. The quantitative estimate of drug-likeness (QED) is 0.881. The molecule has 0 spiro atoms. The molecule has 0 fully saturated rings. The van der Waals surface area contributed by atoms with Crippen molar-refractivity contribution in [3.8, 4) is 0 Å². The highest BCUT2D eigenvalue weighted by atomic mass is 16.2. The molecule has 3 heterocycles. The van der Waals surface area contributed by atoms with Crippen LogP contribution >= 0.6 is 0 Å². The Bertz CT molecular complexity index is 815. The van der Waals surface area contributed by atoms with Crippen LogP contribution < -0.4 is 10.6 Å². The summed E-state index contributed by atoms with van der Waals surface area (Å²) in [7, 11) is 0. The molecule has 25 heavy (non-hydrogen) atoms. The lowest BCUT2D eigenvalue weighted by Crippen LogP contribution is -2.42. The zero-order valence-corrected chi connectivity index (χ0v) is 14.2. The lowest BCUT2D eigenvalue weighted by Gasteiger charge is -2.25. The van der Waals surface area contributed by atoms with Crippen LogP contribution in [0, 0.1) is 0 Å². The predicted octanol–water partition coefficient (Wildman–Crippen LogP) is 1.40. The molecule has 0 aliphatic carbocycles. The number of benzene rings is 1. The monoisotopic (exact) mass is 339 g/mol. The zero-order chi connectivity index (χ0) is 17.4. The van der Waals surface area contributed by atoms with Gasteiger partial charge in [0.15, 0.2) is 0 Å². The largest absolute Gasteiger partial charge is 0.352 e. The number of amides is 2. The predicted molar refractivity (Wildman–Crippen MR) is 92.1 cm³/mol. The van der Waals surface area contributed by atoms with Crippen LogP contribution in [-0.2, 0) is 29.0 Å². The van der Waals surface area contributed by atoms with E-state index >= 15 is 0 Å². The van der Waals surface area contributed by atoms with Crippen molar-refractivity contribution in [1.82, 2.24) is 20.1 Å². The number of carbonyl (C=O) groups excluding carboxylic acids is 2. The number of carbonyl (C=O) groups is 2. The van der Waals surface area contributed by atoms with E-state index in [4.69, 9.17) is 0 Å². The van der Waals surface area contributed by atoms with Crippen LogP contribution in [-0.4, -0.2) is 32.6 Å². The molecule has 0 bridgehead atoms. The normalized spacial score (nSPS) is 21.4. The summed E-state index contributed by atoms with van der Waals surface area (Å²) in [5.41, 5.74) is 1.71. The topological polar surface area (TPSA) is 88.9 Å². The van der Waals surface area contributed by atoms with Crippen LogP contribution in [0.1, 0.15) is 42.9 Å². The van der Waals surface area contributed by atoms with Gasteiger partial charge in [0.05, 0.1) is 5.92 Å². The van der Waals surface area contributed by atoms with Crippen molar-refractivity contribution in [2.45, 2.75) is 51.1 Å². The molecule has 7 heteroatoms. The Morgan fingerprint density at radius 2 is 2.20 bits per heavy atom. The zero-order valence-electron chi connectivity index (χ0n) is 14.2. The second-order valence-corrected chi connectivity index (χ2v) is 6.63. The van der Waals surface area contributed by atoms with E-state index in [1.807, 2.05) is 24.3 Å². The summed E-state index contributed by atoms with van der Waals surface area (Å²) >= 11 is 0. The third-order valence-corrected chi connectivity index (χ3v) is 5.00. The molecule has 4 rings (SSSR count). The smallest absolute Gasteiger partial charge is 0.232 e. The maximum Gasteiger partial charge on any atom is 0.232 e. The van der Waals surface area contributed by atoms with Crippen molar-refractivity contribution in [1.29, 1.82) is 0 Å². The van der Waals surface area contributed by atoms with Gasteiger partial charge in [-0.15, -0.1) is 10.2 Å². The molecule has 0 saturated heterocycles. The molecule has 2 amide bonds. The first kappa shape index (κ1) is 15.8. The van der Waals surface area contributed by atoms with Crippen molar-refractivity contribution < 1.29 is 9.59 Å². The van der Waals surface area contributed by atoms with Crippen LogP contribution in [0.15, 0.2) is 24.3 Å². The number of rotatable bonds is 4. The molecule has 1 aromatic carbocycles. The van der Waals surface area contributed by atoms with E-state index in [2.05, 4.69) is 32.3 Å². The van der Waals surface area contributed by atoms with Gasteiger partial charge in [0.2, 0.25) is 11.8 Å². The van der Waals surface area contributed by atoms with Gasteiger partial charge in [0.1, 0.15) is 11.6 Å². The van der Waals surface area contributed by atoms with Crippen molar-refractivity contribution >= 4 is 17.5 Å². The van der Waals surface area contributed by atoms with Gasteiger partial charge in [-0.2, -0.15) is 0 Å². The first-order valence-electron chi connectivity index (χ1n) is 8.75. The number of aryl methyl sites for hydroxylation is 2. The molecule has 7 nitrogen and oxygen atoms in total. The molecular formula is C18H21N5O2. The summed E-state index contributed by atoms with van der Waals surface area (Å²) in [4.78, 5) is 24.7. The van der Waals surface area contributed by atoms with Crippen molar-refractivity contribution in [3.63, 3.8) is 0 Å². The average molecular weight is 339 g/mol. The molecule has 2 aliphatic heterocycles. The average Bonchev–Trinajstić information content (AvgIpc) is 3.15. The molecule has 0 radical (unpaired) electrons. The molecule has 2 aliphatic rings. The standard InChI is InChI=1S/C18H21N5O2/c1-2-15-21-22-16-8-7-11(10-23(15)16)19-17(24)9-13-12-5-3-4-6-14(12)20-18(13)25/h3-6,11,13H,2,7-10H2,1H3,(H,19,24)(H,20,25)/t11-,13+/m0/s1. The Kier molecular flexibility index (Phi) is 3.99. The molecule has 0 unspecified atom stereocenters. The Labute approximate surface area is 145 Å². The maximum atomic E-state index is 12.5. The summed E-state index contributed by atoms with van der Waals surface area (Å²) in [5.74, 6) is 1.35. The van der Waals surface area contributed by atoms with Gasteiger partial charge >= 0.3 is 0 Å². The minimum absolute atomic E-state index is 0.0565. The van der Waals surface area contributed by atoms with Gasteiger partial charge in [-0.25, -0.2) is 0 Å². The first-order valence-corrected chi connectivity index (χ1v) is 8.75. The molecule has 2 aromatic rings. The minimum Gasteiger partial charge on any atom is -0.352 e. The number of hydrogen-bond acceptors (Lipinski definition) is 4. The van der Waals surface area contributed by atoms with Crippen LogP contribution in [0.25, 0.3) is 0 Å². The summed E-state index contributed by atoms with van der Waals surface area (Å²) in [6.45, 7) is 2.75. The molecule has 1 aromatic heterocycles. The number of hydrogen-bond donors (Lipinski definition) is 2. The van der Waals surface area contributed by atoms with E-state index in [-0.39, 0.29) is 24.3 Å². The van der Waals surface area contributed by atoms with Crippen molar-refractivity contribution in [3.05, 3.63) is 41.5 Å². The lowest BCUT2D eigenvalue weighted by molar-refractivity contribution is -0.125.